The summed E-state index contributed by atoms with van der Waals surface area (Å²) in [6.45, 7) is 3.78. The first-order chi connectivity index (χ1) is 15.1. The number of nitrogens with one attached hydrogen (secondary N) is 2. The third-order valence-corrected chi connectivity index (χ3v) is 5.38. The number of carbonyl (C=O) groups is 1. The van der Waals surface area contributed by atoms with Gasteiger partial charge in [0.1, 0.15) is 12.4 Å². The number of ether oxygens (including phenoxy) is 2. The number of hydrogen-bond donors (Lipinski definition) is 2. The third-order valence-electron chi connectivity index (χ3n) is 5.38. The topological polar surface area (TPSA) is 86.6 Å². The van der Waals surface area contributed by atoms with E-state index in [0.717, 1.165) is 49.6 Å². The summed E-state index contributed by atoms with van der Waals surface area (Å²) in [5.41, 5.74) is 2.38. The Morgan fingerprint density at radius 2 is 2.00 bits per heavy atom. The van der Waals surface area contributed by atoms with E-state index in [1.54, 1.807) is 24.3 Å². The van der Waals surface area contributed by atoms with Crippen LogP contribution in [0.5, 0.6) is 5.75 Å². The summed E-state index contributed by atoms with van der Waals surface area (Å²) in [7, 11) is 2.14. The van der Waals surface area contributed by atoms with E-state index in [9.17, 15) is 4.79 Å². The summed E-state index contributed by atoms with van der Waals surface area (Å²) in [6, 6.07) is 17.4. The maximum absolute atomic E-state index is 12.1. The minimum Gasteiger partial charge on any atom is -0.492 e. The first-order valence-electron chi connectivity index (χ1n) is 10.6. The van der Waals surface area contributed by atoms with Crippen molar-refractivity contribution in [1.82, 2.24) is 10.2 Å². The highest BCUT2D eigenvalue weighted by Gasteiger charge is 2.17. The van der Waals surface area contributed by atoms with Gasteiger partial charge in [-0.3, -0.25) is 9.69 Å². The van der Waals surface area contributed by atoms with Crippen LogP contribution in [0.3, 0.4) is 0 Å². The first-order valence-corrected chi connectivity index (χ1v) is 10.6. The van der Waals surface area contributed by atoms with Crippen LogP contribution in [-0.2, 0) is 16.1 Å². The second-order valence-electron chi connectivity index (χ2n) is 7.64. The van der Waals surface area contributed by atoms with Gasteiger partial charge in [0.2, 0.25) is 5.91 Å². The number of amides is 1. The van der Waals surface area contributed by atoms with Crippen molar-refractivity contribution < 1.29 is 14.3 Å². The zero-order chi connectivity index (χ0) is 21.9. The molecule has 0 unspecified atom stereocenters. The SMILES string of the molecule is CN(CCOc1cccc(CNC(=O)CNc2ccc(C#N)cc2)c1)C1CCOCC1. The van der Waals surface area contributed by atoms with Gasteiger partial charge >= 0.3 is 0 Å². The highest BCUT2D eigenvalue weighted by molar-refractivity contribution is 5.80. The Labute approximate surface area is 184 Å². The van der Waals surface area contributed by atoms with Crippen LogP contribution in [-0.4, -0.2) is 56.8 Å². The van der Waals surface area contributed by atoms with Crippen LogP contribution >= 0.6 is 0 Å². The minimum absolute atomic E-state index is 0.103. The molecule has 1 amide bonds. The van der Waals surface area contributed by atoms with E-state index >= 15 is 0 Å². The lowest BCUT2D eigenvalue weighted by molar-refractivity contribution is -0.119. The van der Waals surface area contributed by atoms with E-state index in [-0.39, 0.29) is 12.5 Å². The molecule has 0 spiro atoms. The number of likely N-dealkylation sites (N-methyl/N-ethyl adjacent to an activating group) is 1. The number of carbonyl (C=O) groups excluding carboxylic acids is 1. The van der Waals surface area contributed by atoms with E-state index in [1.165, 1.54) is 0 Å². The highest BCUT2D eigenvalue weighted by atomic mass is 16.5. The number of nitrogens with zero attached hydrogens (tertiary/aromatic N) is 2. The van der Waals surface area contributed by atoms with Crippen molar-refractivity contribution in [1.29, 1.82) is 5.26 Å². The Hall–Kier alpha value is -3.08. The van der Waals surface area contributed by atoms with Gasteiger partial charge in [-0.05, 0) is 61.9 Å². The van der Waals surface area contributed by atoms with E-state index < -0.39 is 0 Å². The first kappa shape index (κ1) is 22.6. The van der Waals surface area contributed by atoms with Gasteiger partial charge in [0, 0.05) is 38.0 Å². The largest absolute Gasteiger partial charge is 0.492 e. The number of hydrogen-bond acceptors (Lipinski definition) is 6. The fourth-order valence-corrected chi connectivity index (χ4v) is 3.47. The maximum atomic E-state index is 12.1. The van der Waals surface area contributed by atoms with Crippen LogP contribution in [0.15, 0.2) is 48.5 Å². The Morgan fingerprint density at radius 3 is 2.74 bits per heavy atom. The molecule has 2 aromatic rings. The quantitative estimate of drug-likeness (QED) is 0.612. The molecule has 0 radical (unpaired) electrons. The van der Waals surface area contributed by atoms with Gasteiger partial charge in [0.05, 0.1) is 18.2 Å². The minimum atomic E-state index is -0.103. The van der Waals surface area contributed by atoms with Crippen LogP contribution in [0.25, 0.3) is 0 Å². The molecule has 7 heteroatoms. The lowest BCUT2D eigenvalue weighted by Gasteiger charge is -2.31. The van der Waals surface area contributed by atoms with Crippen molar-refractivity contribution in [3.8, 4) is 11.8 Å². The molecule has 3 rings (SSSR count). The molecular formula is C24H30N4O3. The molecule has 0 aromatic heterocycles. The second-order valence-corrected chi connectivity index (χ2v) is 7.64. The van der Waals surface area contributed by atoms with Gasteiger partial charge in [-0.2, -0.15) is 5.26 Å². The predicted octanol–water partition coefficient (Wildman–Crippen LogP) is 2.78. The van der Waals surface area contributed by atoms with Crippen molar-refractivity contribution in [2.75, 3.05) is 45.3 Å². The van der Waals surface area contributed by atoms with Crippen molar-refractivity contribution in [2.45, 2.75) is 25.4 Å². The van der Waals surface area contributed by atoms with Gasteiger partial charge < -0.3 is 20.1 Å². The van der Waals surface area contributed by atoms with Crippen LogP contribution in [0.1, 0.15) is 24.0 Å². The zero-order valence-corrected chi connectivity index (χ0v) is 18.0. The molecule has 2 aromatic carbocycles. The Bertz CT molecular complexity index is 873. The molecule has 1 saturated heterocycles. The normalized spacial score (nSPS) is 14.1. The Kier molecular flexibility index (Phi) is 8.71. The van der Waals surface area contributed by atoms with E-state index in [0.29, 0.717) is 24.8 Å². The predicted molar refractivity (Wildman–Crippen MR) is 120 cm³/mol. The smallest absolute Gasteiger partial charge is 0.239 e. The molecule has 164 valence electrons. The third kappa shape index (κ3) is 7.59. The van der Waals surface area contributed by atoms with E-state index in [1.807, 2.05) is 24.3 Å². The standard InChI is InChI=1S/C24H30N4O3/c1-28(22-9-12-30-13-10-22)11-14-31-23-4-2-3-20(15-23)17-27-24(29)18-26-21-7-5-19(16-25)6-8-21/h2-8,15,22,26H,9-14,17-18H2,1H3,(H,27,29). The number of rotatable bonds is 10. The van der Waals surface area contributed by atoms with Gasteiger partial charge in [-0.1, -0.05) is 12.1 Å². The molecule has 0 aliphatic carbocycles. The van der Waals surface area contributed by atoms with E-state index in [2.05, 4.69) is 28.7 Å². The summed E-state index contributed by atoms with van der Waals surface area (Å²) in [5.74, 6) is 0.705. The maximum Gasteiger partial charge on any atom is 0.239 e. The molecular weight excluding hydrogens is 392 g/mol. The molecule has 31 heavy (non-hydrogen) atoms. The Balaban J connectivity index is 1.37. The average Bonchev–Trinajstić information content (AvgIpc) is 2.82. The molecule has 1 fully saturated rings. The Morgan fingerprint density at radius 1 is 1.23 bits per heavy atom. The van der Waals surface area contributed by atoms with Crippen molar-refractivity contribution in [3.05, 3.63) is 59.7 Å². The number of benzene rings is 2. The van der Waals surface area contributed by atoms with Gasteiger partial charge in [0.25, 0.3) is 0 Å². The molecule has 1 aliphatic heterocycles. The molecule has 1 heterocycles. The summed E-state index contributed by atoms with van der Waals surface area (Å²) < 4.78 is 11.3. The lowest BCUT2D eigenvalue weighted by atomic mass is 10.1. The fourth-order valence-electron chi connectivity index (χ4n) is 3.47. The summed E-state index contributed by atoms with van der Waals surface area (Å²) in [4.78, 5) is 14.5. The van der Waals surface area contributed by atoms with E-state index in [4.69, 9.17) is 14.7 Å². The van der Waals surface area contributed by atoms with Crippen molar-refractivity contribution in [2.24, 2.45) is 0 Å². The summed E-state index contributed by atoms with van der Waals surface area (Å²) >= 11 is 0. The van der Waals surface area contributed by atoms with Gasteiger partial charge in [-0.25, -0.2) is 0 Å². The second kappa shape index (κ2) is 11.9. The van der Waals surface area contributed by atoms with Crippen LogP contribution in [0.2, 0.25) is 0 Å². The van der Waals surface area contributed by atoms with Gasteiger partial charge in [0.15, 0.2) is 0 Å². The molecule has 0 atom stereocenters. The van der Waals surface area contributed by atoms with Crippen LogP contribution < -0.4 is 15.4 Å². The molecule has 0 bridgehead atoms. The van der Waals surface area contributed by atoms with Crippen LogP contribution in [0, 0.1) is 11.3 Å². The monoisotopic (exact) mass is 422 g/mol. The molecule has 0 saturated carbocycles. The molecule has 2 N–H and O–H groups in total. The fraction of sp³-hybridized carbons (Fsp3) is 0.417. The summed E-state index contributed by atoms with van der Waals surface area (Å²) in [6.07, 6.45) is 2.15. The summed E-state index contributed by atoms with van der Waals surface area (Å²) in [5, 5.41) is 14.8. The number of nitriles is 1. The van der Waals surface area contributed by atoms with Crippen LogP contribution in [0.4, 0.5) is 5.69 Å². The van der Waals surface area contributed by atoms with Gasteiger partial charge in [-0.15, -0.1) is 0 Å². The molecule has 1 aliphatic rings. The average molecular weight is 423 g/mol. The van der Waals surface area contributed by atoms with Crippen molar-refractivity contribution >= 4 is 11.6 Å². The number of anilines is 1. The van der Waals surface area contributed by atoms with Crippen molar-refractivity contribution in [3.63, 3.8) is 0 Å². The highest BCUT2D eigenvalue weighted by Crippen LogP contribution is 2.15. The molecule has 7 nitrogen and oxygen atoms in total. The zero-order valence-electron chi connectivity index (χ0n) is 18.0. The lowest BCUT2D eigenvalue weighted by Crippen LogP contribution is -2.38.